The summed E-state index contributed by atoms with van der Waals surface area (Å²) < 4.78 is 5.06. The van der Waals surface area contributed by atoms with E-state index in [1.54, 1.807) is 6.92 Å². The van der Waals surface area contributed by atoms with Gasteiger partial charge in [-0.15, -0.1) is 0 Å². The molecule has 0 spiro atoms. The number of nitrogens with zero attached hydrogens (tertiary/aromatic N) is 4. The molecule has 0 bridgehead atoms. The highest BCUT2D eigenvalue weighted by Gasteiger charge is 2.29. The molecule has 0 aromatic carbocycles. The summed E-state index contributed by atoms with van der Waals surface area (Å²) in [5.74, 6) is 1.41. The summed E-state index contributed by atoms with van der Waals surface area (Å²) in [4.78, 5) is 21.1. The number of aromatic nitrogens is 2. The maximum Gasteiger partial charge on any atom is 0.227 e. The Hall–Kier alpha value is -1.43. The first kappa shape index (κ1) is 14.5. The summed E-state index contributed by atoms with van der Waals surface area (Å²) in [6, 6.07) is 0.566. The monoisotopic (exact) mass is 292 g/mol. The first-order valence-electron chi connectivity index (χ1n) is 8.03. The van der Waals surface area contributed by atoms with Crippen LogP contribution < -0.4 is 0 Å². The van der Waals surface area contributed by atoms with Crippen molar-refractivity contribution >= 4 is 5.91 Å². The van der Waals surface area contributed by atoms with Gasteiger partial charge in [-0.1, -0.05) is 5.16 Å². The van der Waals surface area contributed by atoms with Crippen molar-refractivity contribution in [2.45, 2.75) is 51.5 Å². The number of hydrogen-bond acceptors (Lipinski definition) is 5. The summed E-state index contributed by atoms with van der Waals surface area (Å²) >= 11 is 0. The SMILES string of the molecule is Cc1noc(CCC(=O)N2CCC[C@@H](N3CCCC3)C2)n1. The number of hydrogen-bond donors (Lipinski definition) is 0. The standard InChI is InChI=1S/C15H24N4O2/c1-12-16-14(21-17-12)6-7-15(20)19-10-4-5-13(11-19)18-8-2-3-9-18/h13H,2-11H2,1H3/t13-/m1/s1. The van der Waals surface area contributed by atoms with Gasteiger partial charge in [-0.05, 0) is 45.7 Å². The van der Waals surface area contributed by atoms with Gasteiger partial charge < -0.3 is 9.42 Å². The highest BCUT2D eigenvalue weighted by molar-refractivity contribution is 5.76. The number of aryl methyl sites for hydroxylation is 2. The van der Waals surface area contributed by atoms with Gasteiger partial charge in [-0.2, -0.15) is 4.98 Å². The van der Waals surface area contributed by atoms with Gasteiger partial charge >= 0.3 is 0 Å². The minimum absolute atomic E-state index is 0.217. The van der Waals surface area contributed by atoms with Gasteiger partial charge in [0.05, 0.1) is 0 Å². The molecule has 116 valence electrons. The third kappa shape index (κ3) is 3.61. The lowest BCUT2D eigenvalue weighted by molar-refractivity contribution is -0.133. The molecule has 3 rings (SSSR count). The van der Waals surface area contributed by atoms with Crippen LogP contribution in [0.4, 0.5) is 0 Å². The van der Waals surface area contributed by atoms with E-state index in [0.717, 1.165) is 19.5 Å². The van der Waals surface area contributed by atoms with Crippen LogP contribution in [-0.4, -0.2) is 58.1 Å². The van der Waals surface area contributed by atoms with Gasteiger partial charge in [0.2, 0.25) is 11.8 Å². The van der Waals surface area contributed by atoms with E-state index >= 15 is 0 Å². The number of likely N-dealkylation sites (tertiary alicyclic amines) is 2. The highest BCUT2D eigenvalue weighted by Crippen LogP contribution is 2.21. The molecule has 1 aromatic heterocycles. The number of carbonyl (C=O) groups is 1. The molecular weight excluding hydrogens is 268 g/mol. The Balaban J connectivity index is 1.49. The second-order valence-electron chi connectivity index (χ2n) is 6.11. The normalized spacial score (nSPS) is 23.7. The molecule has 0 aliphatic carbocycles. The van der Waals surface area contributed by atoms with Crippen molar-refractivity contribution in [1.29, 1.82) is 0 Å². The lowest BCUT2D eigenvalue weighted by Crippen LogP contribution is -2.49. The van der Waals surface area contributed by atoms with E-state index < -0.39 is 0 Å². The van der Waals surface area contributed by atoms with E-state index in [4.69, 9.17) is 4.52 Å². The maximum atomic E-state index is 12.4. The van der Waals surface area contributed by atoms with E-state index in [0.29, 0.717) is 30.6 Å². The molecule has 3 heterocycles. The fourth-order valence-corrected chi connectivity index (χ4v) is 3.40. The molecular formula is C15H24N4O2. The first-order valence-corrected chi connectivity index (χ1v) is 8.03. The van der Waals surface area contributed by atoms with Gasteiger partial charge in [-0.25, -0.2) is 0 Å². The molecule has 1 amide bonds. The Morgan fingerprint density at radius 1 is 1.29 bits per heavy atom. The van der Waals surface area contributed by atoms with E-state index in [1.165, 1.54) is 32.4 Å². The maximum absolute atomic E-state index is 12.4. The van der Waals surface area contributed by atoms with Crippen molar-refractivity contribution in [3.8, 4) is 0 Å². The van der Waals surface area contributed by atoms with Crippen LogP contribution in [0.15, 0.2) is 4.52 Å². The molecule has 2 aliphatic heterocycles. The Morgan fingerprint density at radius 2 is 2.10 bits per heavy atom. The van der Waals surface area contributed by atoms with Crippen molar-refractivity contribution in [2.24, 2.45) is 0 Å². The van der Waals surface area contributed by atoms with Crippen LogP contribution in [0.1, 0.15) is 43.8 Å². The zero-order chi connectivity index (χ0) is 14.7. The second-order valence-corrected chi connectivity index (χ2v) is 6.11. The van der Waals surface area contributed by atoms with Crippen molar-refractivity contribution in [1.82, 2.24) is 19.9 Å². The molecule has 0 saturated carbocycles. The van der Waals surface area contributed by atoms with Gasteiger partial charge in [0.1, 0.15) is 0 Å². The van der Waals surface area contributed by atoms with Gasteiger partial charge in [0.25, 0.3) is 0 Å². The molecule has 1 aromatic rings. The van der Waals surface area contributed by atoms with Crippen LogP contribution >= 0.6 is 0 Å². The molecule has 21 heavy (non-hydrogen) atoms. The van der Waals surface area contributed by atoms with Crippen LogP contribution in [0.5, 0.6) is 0 Å². The molecule has 0 unspecified atom stereocenters. The summed E-state index contributed by atoms with van der Waals surface area (Å²) in [5.41, 5.74) is 0. The number of carbonyl (C=O) groups excluding carboxylic acids is 1. The molecule has 2 saturated heterocycles. The van der Waals surface area contributed by atoms with Crippen LogP contribution in [0.2, 0.25) is 0 Å². The van der Waals surface area contributed by atoms with Crippen LogP contribution in [0.3, 0.4) is 0 Å². The predicted molar refractivity (Wildman–Crippen MR) is 77.8 cm³/mol. The summed E-state index contributed by atoms with van der Waals surface area (Å²) in [7, 11) is 0. The Labute approximate surface area is 125 Å². The van der Waals surface area contributed by atoms with E-state index in [9.17, 15) is 4.79 Å². The van der Waals surface area contributed by atoms with Crippen molar-refractivity contribution in [2.75, 3.05) is 26.2 Å². The zero-order valence-corrected chi connectivity index (χ0v) is 12.8. The van der Waals surface area contributed by atoms with Gasteiger partial charge in [-0.3, -0.25) is 9.69 Å². The molecule has 2 aliphatic rings. The summed E-state index contributed by atoms with van der Waals surface area (Å²) in [6.07, 6.45) is 5.97. The fraction of sp³-hybridized carbons (Fsp3) is 0.800. The molecule has 0 radical (unpaired) electrons. The Bertz CT molecular complexity index is 482. The second kappa shape index (κ2) is 6.56. The smallest absolute Gasteiger partial charge is 0.227 e. The molecule has 0 N–H and O–H groups in total. The van der Waals surface area contributed by atoms with Crippen LogP contribution in [-0.2, 0) is 11.2 Å². The first-order chi connectivity index (χ1) is 10.2. The molecule has 1 atom stereocenters. The average Bonchev–Trinajstić information content (AvgIpc) is 3.16. The van der Waals surface area contributed by atoms with Crippen LogP contribution in [0, 0.1) is 6.92 Å². The third-order valence-corrected chi connectivity index (χ3v) is 4.53. The summed E-state index contributed by atoms with van der Waals surface area (Å²) in [5, 5.41) is 3.75. The van der Waals surface area contributed by atoms with Crippen molar-refractivity contribution in [3.05, 3.63) is 11.7 Å². The highest BCUT2D eigenvalue weighted by atomic mass is 16.5. The van der Waals surface area contributed by atoms with E-state index in [-0.39, 0.29) is 5.91 Å². The van der Waals surface area contributed by atoms with Crippen LogP contribution in [0.25, 0.3) is 0 Å². The number of rotatable bonds is 4. The largest absolute Gasteiger partial charge is 0.341 e. The van der Waals surface area contributed by atoms with Gasteiger partial charge in [0, 0.05) is 32.0 Å². The van der Waals surface area contributed by atoms with Crippen molar-refractivity contribution < 1.29 is 9.32 Å². The van der Waals surface area contributed by atoms with E-state index in [2.05, 4.69) is 15.0 Å². The minimum atomic E-state index is 0.217. The predicted octanol–water partition coefficient (Wildman–Crippen LogP) is 1.40. The minimum Gasteiger partial charge on any atom is -0.341 e. The Kier molecular flexibility index (Phi) is 4.53. The van der Waals surface area contributed by atoms with Crippen molar-refractivity contribution in [3.63, 3.8) is 0 Å². The van der Waals surface area contributed by atoms with Gasteiger partial charge in [0.15, 0.2) is 5.82 Å². The van der Waals surface area contributed by atoms with E-state index in [1.807, 2.05) is 4.90 Å². The molecule has 6 heteroatoms. The lowest BCUT2D eigenvalue weighted by Gasteiger charge is -2.37. The third-order valence-electron chi connectivity index (χ3n) is 4.53. The number of amides is 1. The molecule has 2 fully saturated rings. The number of piperidine rings is 1. The summed E-state index contributed by atoms with van der Waals surface area (Å²) in [6.45, 7) is 5.98. The zero-order valence-electron chi connectivity index (χ0n) is 12.8. The fourth-order valence-electron chi connectivity index (χ4n) is 3.40. The average molecular weight is 292 g/mol. The topological polar surface area (TPSA) is 62.5 Å². The lowest BCUT2D eigenvalue weighted by atomic mass is 10.0. The quantitative estimate of drug-likeness (QED) is 0.839. The molecule has 6 nitrogen and oxygen atoms in total. The Morgan fingerprint density at radius 3 is 2.81 bits per heavy atom.